The maximum atomic E-state index is 13.8. The molecule has 0 unspecified atom stereocenters. The van der Waals surface area contributed by atoms with Crippen molar-refractivity contribution in [2.45, 2.75) is 31.7 Å². The second-order valence-electron chi connectivity index (χ2n) is 6.49. The molecule has 3 N–H and O–H groups in total. The van der Waals surface area contributed by atoms with E-state index in [0.717, 1.165) is 29.7 Å². The molecule has 0 bridgehead atoms. The van der Waals surface area contributed by atoms with E-state index in [1.165, 1.54) is 6.07 Å². The van der Waals surface area contributed by atoms with Gasteiger partial charge < -0.3 is 15.7 Å². The van der Waals surface area contributed by atoms with Crippen LogP contribution in [0.4, 0.5) is 10.1 Å². The van der Waals surface area contributed by atoms with E-state index in [-0.39, 0.29) is 36.8 Å². The van der Waals surface area contributed by atoms with Crippen molar-refractivity contribution in [3.8, 4) is 0 Å². The number of rotatable bonds is 6. The normalized spacial score (nSPS) is 19.2. The first-order valence-electron chi connectivity index (χ1n) is 8.59. The van der Waals surface area contributed by atoms with Crippen LogP contribution in [-0.2, 0) is 0 Å². The average Bonchev–Trinajstić information content (AvgIpc) is 2.58. The molecule has 25 heavy (non-hydrogen) atoms. The Morgan fingerprint density at radius 3 is 2.68 bits per heavy atom. The van der Waals surface area contributed by atoms with E-state index in [1.54, 1.807) is 12.1 Å². The van der Waals surface area contributed by atoms with Crippen molar-refractivity contribution >= 4 is 11.6 Å². The fourth-order valence-corrected chi connectivity index (χ4v) is 3.32. The van der Waals surface area contributed by atoms with Crippen molar-refractivity contribution < 1.29 is 14.3 Å². The van der Waals surface area contributed by atoms with E-state index in [4.69, 9.17) is 5.11 Å². The third kappa shape index (κ3) is 3.82. The summed E-state index contributed by atoms with van der Waals surface area (Å²) in [6, 6.07) is 12.8. The number of aliphatic hydroxyl groups excluding tert-OH is 1. The molecule has 5 heteroatoms. The molecule has 3 rings (SSSR count). The maximum Gasteiger partial charge on any atom is 0.251 e. The highest BCUT2D eigenvalue weighted by Gasteiger charge is 2.32. The average molecular weight is 342 g/mol. The molecular formula is C20H23FN2O2. The van der Waals surface area contributed by atoms with E-state index >= 15 is 0 Å². The predicted molar refractivity (Wildman–Crippen MR) is 96.4 cm³/mol. The van der Waals surface area contributed by atoms with E-state index < -0.39 is 0 Å². The van der Waals surface area contributed by atoms with Crippen LogP contribution in [0.2, 0.25) is 0 Å². The molecular weight excluding hydrogens is 319 g/mol. The van der Waals surface area contributed by atoms with Crippen LogP contribution in [0.1, 0.15) is 40.2 Å². The number of hydrogen-bond donors (Lipinski definition) is 3. The van der Waals surface area contributed by atoms with E-state index in [9.17, 15) is 9.18 Å². The van der Waals surface area contributed by atoms with Crippen molar-refractivity contribution in [2.75, 3.05) is 18.5 Å². The molecule has 1 aliphatic rings. The smallest absolute Gasteiger partial charge is 0.251 e. The van der Waals surface area contributed by atoms with Gasteiger partial charge in [0.1, 0.15) is 5.82 Å². The quantitative estimate of drug-likeness (QED) is 0.755. The fourth-order valence-electron chi connectivity index (χ4n) is 3.32. The molecule has 1 saturated carbocycles. The van der Waals surface area contributed by atoms with Gasteiger partial charge in [-0.1, -0.05) is 24.3 Å². The van der Waals surface area contributed by atoms with Crippen LogP contribution in [0, 0.1) is 12.7 Å². The van der Waals surface area contributed by atoms with E-state index in [1.807, 2.05) is 31.2 Å². The molecule has 0 heterocycles. The van der Waals surface area contributed by atoms with Gasteiger partial charge >= 0.3 is 0 Å². The highest BCUT2D eigenvalue weighted by atomic mass is 19.1. The first-order chi connectivity index (χ1) is 12.1. The SMILES string of the molecule is Cc1c(NC2CC(c3ccccc3F)C2)cccc1C(=O)NCCO. The minimum atomic E-state index is -0.187. The summed E-state index contributed by atoms with van der Waals surface area (Å²) >= 11 is 0. The standard InChI is InChI=1S/C20H23FN2O2/c1-13-16(20(25)22-9-10-24)6-4-8-19(13)23-15-11-14(12-15)17-5-2-3-7-18(17)21/h2-8,14-15,23-24H,9-12H2,1H3,(H,22,25). The molecule has 0 aromatic heterocycles. The van der Waals surface area contributed by atoms with Gasteiger partial charge in [-0.25, -0.2) is 4.39 Å². The summed E-state index contributed by atoms with van der Waals surface area (Å²) in [6.07, 6.45) is 1.75. The van der Waals surface area contributed by atoms with Crippen LogP contribution in [0.25, 0.3) is 0 Å². The van der Waals surface area contributed by atoms with Crippen LogP contribution in [-0.4, -0.2) is 30.2 Å². The summed E-state index contributed by atoms with van der Waals surface area (Å²) in [4.78, 5) is 12.1. The van der Waals surface area contributed by atoms with Gasteiger partial charge in [0.2, 0.25) is 0 Å². The van der Waals surface area contributed by atoms with Gasteiger partial charge in [-0.05, 0) is 55.0 Å². The van der Waals surface area contributed by atoms with Gasteiger partial charge in [0.25, 0.3) is 5.91 Å². The third-order valence-corrected chi connectivity index (χ3v) is 4.82. The van der Waals surface area contributed by atoms with Crippen LogP contribution in [0.3, 0.4) is 0 Å². The molecule has 1 aliphatic carbocycles. The Kier molecular flexibility index (Phi) is 5.34. The number of anilines is 1. The van der Waals surface area contributed by atoms with Gasteiger partial charge in [0.05, 0.1) is 6.61 Å². The Bertz CT molecular complexity index is 757. The van der Waals surface area contributed by atoms with Gasteiger partial charge in [0.15, 0.2) is 0 Å². The number of aliphatic hydroxyl groups is 1. The molecule has 132 valence electrons. The van der Waals surface area contributed by atoms with E-state index in [2.05, 4.69) is 10.6 Å². The summed E-state index contributed by atoms with van der Waals surface area (Å²) in [5.41, 5.74) is 3.19. The molecule has 0 atom stereocenters. The maximum absolute atomic E-state index is 13.8. The first-order valence-corrected chi connectivity index (χ1v) is 8.59. The lowest BCUT2D eigenvalue weighted by molar-refractivity contribution is 0.0944. The largest absolute Gasteiger partial charge is 0.395 e. The monoisotopic (exact) mass is 342 g/mol. The Morgan fingerprint density at radius 1 is 1.20 bits per heavy atom. The number of hydrogen-bond acceptors (Lipinski definition) is 3. The highest BCUT2D eigenvalue weighted by Crippen LogP contribution is 2.39. The second-order valence-corrected chi connectivity index (χ2v) is 6.49. The molecule has 4 nitrogen and oxygen atoms in total. The number of nitrogens with one attached hydrogen (secondary N) is 2. The van der Waals surface area contributed by atoms with Crippen LogP contribution in [0.5, 0.6) is 0 Å². The van der Waals surface area contributed by atoms with Gasteiger partial charge in [0, 0.05) is 23.8 Å². The lowest BCUT2D eigenvalue weighted by atomic mass is 9.75. The molecule has 0 saturated heterocycles. The van der Waals surface area contributed by atoms with Crippen LogP contribution in [0.15, 0.2) is 42.5 Å². The van der Waals surface area contributed by atoms with Crippen molar-refractivity contribution in [1.82, 2.24) is 5.32 Å². The minimum Gasteiger partial charge on any atom is -0.395 e. The molecule has 0 radical (unpaired) electrons. The molecule has 0 aliphatic heterocycles. The van der Waals surface area contributed by atoms with Gasteiger partial charge in [-0.3, -0.25) is 4.79 Å². The molecule has 1 fully saturated rings. The molecule has 2 aromatic rings. The first kappa shape index (κ1) is 17.4. The Balaban J connectivity index is 1.63. The fraction of sp³-hybridized carbons (Fsp3) is 0.350. The summed E-state index contributed by atoms with van der Waals surface area (Å²) in [5.74, 6) is -0.0761. The van der Waals surface area contributed by atoms with Crippen LogP contribution < -0.4 is 10.6 Å². The van der Waals surface area contributed by atoms with Crippen molar-refractivity contribution in [1.29, 1.82) is 0 Å². The number of carbonyl (C=O) groups excluding carboxylic acids is 1. The zero-order chi connectivity index (χ0) is 17.8. The van der Waals surface area contributed by atoms with Crippen LogP contribution >= 0.6 is 0 Å². The number of halogens is 1. The summed E-state index contributed by atoms with van der Waals surface area (Å²) < 4.78 is 13.8. The zero-order valence-electron chi connectivity index (χ0n) is 14.3. The number of carbonyl (C=O) groups is 1. The van der Waals surface area contributed by atoms with Crippen molar-refractivity contribution in [3.63, 3.8) is 0 Å². The van der Waals surface area contributed by atoms with E-state index in [0.29, 0.717) is 5.56 Å². The Labute approximate surface area is 147 Å². The topological polar surface area (TPSA) is 61.4 Å². The third-order valence-electron chi connectivity index (χ3n) is 4.82. The summed E-state index contributed by atoms with van der Waals surface area (Å²) in [7, 11) is 0. The predicted octanol–water partition coefficient (Wildman–Crippen LogP) is 3.21. The summed E-state index contributed by atoms with van der Waals surface area (Å²) in [5, 5.41) is 15.0. The Hall–Kier alpha value is -2.40. The molecule has 0 spiro atoms. The Morgan fingerprint density at radius 2 is 1.96 bits per heavy atom. The number of benzene rings is 2. The van der Waals surface area contributed by atoms with Crippen molar-refractivity contribution in [3.05, 3.63) is 65.0 Å². The van der Waals surface area contributed by atoms with Gasteiger partial charge in [-0.2, -0.15) is 0 Å². The lowest BCUT2D eigenvalue weighted by Gasteiger charge is -2.37. The highest BCUT2D eigenvalue weighted by molar-refractivity contribution is 5.97. The summed E-state index contributed by atoms with van der Waals surface area (Å²) in [6.45, 7) is 2.06. The number of amides is 1. The molecule has 1 amide bonds. The van der Waals surface area contributed by atoms with Gasteiger partial charge in [-0.15, -0.1) is 0 Å². The second kappa shape index (κ2) is 7.66. The van der Waals surface area contributed by atoms with Crippen molar-refractivity contribution in [2.24, 2.45) is 0 Å². The lowest BCUT2D eigenvalue weighted by Crippen LogP contribution is -2.35. The minimum absolute atomic E-state index is 0.0811. The molecule has 2 aromatic carbocycles. The zero-order valence-corrected chi connectivity index (χ0v) is 14.3.